The lowest BCUT2D eigenvalue weighted by Crippen LogP contribution is -2.41. The van der Waals surface area contributed by atoms with Crippen molar-refractivity contribution in [1.82, 2.24) is 5.32 Å². The zero-order valence-electron chi connectivity index (χ0n) is 11.0. The van der Waals surface area contributed by atoms with E-state index in [-0.39, 0.29) is 24.1 Å². The number of hydrogen-bond donors (Lipinski definition) is 3. The molecule has 1 aromatic carbocycles. The number of aliphatic carboxylic acids is 1. The third kappa shape index (κ3) is 4.27. The van der Waals surface area contributed by atoms with Crippen LogP contribution < -0.4 is 11.1 Å². The van der Waals surface area contributed by atoms with Crippen molar-refractivity contribution in [2.75, 3.05) is 12.8 Å². The van der Waals surface area contributed by atoms with Crippen LogP contribution in [0.4, 0.5) is 5.69 Å². The molecule has 0 aliphatic heterocycles. The summed E-state index contributed by atoms with van der Waals surface area (Å²) < 4.78 is 4.42. The summed E-state index contributed by atoms with van der Waals surface area (Å²) in [6, 6.07) is 5.14. The number of rotatable bonds is 6. The van der Waals surface area contributed by atoms with E-state index < -0.39 is 23.9 Å². The molecule has 0 saturated heterocycles. The number of nitrogens with two attached hydrogens (primary N) is 1. The maximum absolute atomic E-state index is 11.9. The van der Waals surface area contributed by atoms with Gasteiger partial charge in [0.2, 0.25) is 0 Å². The Labute approximate surface area is 115 Å². The fourth-order valence-electron chi connectivity index (χ4n) is 1.56. The highest BCUT2D eigenvalue weighted by atomic mass is 16.5. The Bertz CT molecular complexity index is 515. The number of para-hydroxylation sites is 1. The van der Waals surface area contributed by atoms with Crippen molar-refractivity contribution in [3.05, 3.63) is 29.8 Å². The number of carbonyl (C=O) groups is 3. The smallest absolute Gasteiger partial charge is 0.326 e. The lowest BCUT2D eigenvalue weighted by molar-refractivity contribution is -0.142. The molecular formula is C13H16N2O5. The van der Waals surface area contributed by atoms with Crippen LogP contribution in [-0.4, -0.2) is 36.1 Å². The molecule has 0 aromatic heterocycles. The van der Waals surface area contributed by atoms with E-state index in [1.807, 2.05) is 0 Å². The number of esters is 1. The molecule has 7 nitrogen and oxygen atoms in total. The van der Waals surface area contributed by atoms with Gasteiger partial charge in [-0.15, -0.1) is 0 Å². The second kappa shape index (κ2) is 7.13. The van der Waals surface area contributed by atoms with Gasteiger partial charge in [-0.2, -0.15) is 0 Å². The zero-order chi connectivity index (χ0) is 15.1. The molecule has 0 saturated carbocycles. The number of nitrogens with one attached hydrogen (secondary N) is 1. The van der Waals surface area contributed by atoms with E-state index in [1.165, 1.54) is 13.2 Å². The summed E-state index contributed by atoms with van der Waals surface area (Å²) in [7, 11) is 1.21. The van der Waals surface area contributed by atoms with Crippen LogP contribution in [0.5, 0.6) is 0 Å². The molecule has 1 atom stereocenters. The summed E-state index contributed by atoms with van der Waals surface area (Å²) in [5.74, 6) is -2.36. The summed E-state index contributed by atoms with van der Waals surface area (Å²) in [5.41, 5.74) is 6.08. The van der Waals surface area contributed by atoms with E-state index in [9.17, 15) is 14.4 Å². The van der Waals surface area contributed by atoms with Gasteiger partial charge < -0.3 is 20.9 Å². The van der Waals surface area contributed by atoms with Gasteiger partial charge in [0, 0.05) is 12.1 Å². The normalized spacial score (nSPS) is 11.4. The zero-order valence-corrected chi connectivity index (χ0v) is 11.0. The topological polar surface area (TPSA) is 119 Å². The van der Waals surface area contributed by atoms with Gasteiger partial charge in [-0.05, 0) is 18.6 Å². The van der Waals surface area contributed by atoms with Crippen LogP contribution in [0.1, 0.15) is 23.2 Å². The Hall–Kier alpha value is -2.57. The molecule has 108 valence electrons. The summed E-state index contributed by atoms with van der Waals surface area (Å²) in [6.07, 6.45) is -0.154. The molecule has 4 N–H and O–H groups in total. The lowest BCUT2D eigenvalue weighted by Gasteiger charge is -2.14. The average molecular weight is 280 g/mol. The number of ether oxygens (including phenoxy) is 1. The molecule has 0 heterocycles. The van der Waals surface area contributed by atoms with Gasteiger partial charge >= 0.3 is 11.9 Å². The number of nitrogen functional groups attached to an aromatic ring is 1. The number of carboxylic acids is 1. The number of hydrogen-bond acceptors (Lipinski definition) is 5. The first-order valence-electron chi connectivity index (χ1n) is 5.90. The monoisotopic (exact) mass is 280 g/mol. The molecule has 20 heavy (non-hydrogen) atoms. The Morgan fingerprint density at radius 3 is 2.55 bits per heavy atom. The van der Waals surface area contributed by atoms with Crippen molar-refractivity contribution in [3.63, 3.8) is 0 Å². The molecule has 0 radical (unpaired) electrons. The van der Waals surface area contributed by atoms with Crippen LogP contribution in [0.2, 0.25) is 0 Å². The van der Waals surface area contributed by atoms with Crippen LogP contribution in [0.25, 0.3) is 0 Å². The quantitative estimate of drug-likeness (QED) is 0.513. The van der Waals surface area contributed by atoms with Crippen LogP contribution in [0.15, 0.2) is 24.3 Å². The highest BCUT2D eigenvalue weighted by Crippen LogP contribution is 2.11. The Kier molecular flexibility index (Phi) is 5.52. The van der Waals surface area contributed by atoms with Crippen LogP contribution >= 0.6 is 0 Å². The number of anilines is 1. The Balaban J connectivity index is 2.71. The van der Waals surface area contributed by atoms with Gasteiger partial charge in [0.1, 0.15) is 6.04 Å². The first-order chi connectivity index (χ1) is 9.45. The van der Waals surface area contributed by atoms with E-state index in [2.05, 4.69) is 10.1 Å². The van der Waals surface area contributed by atoms with Crippen molar-refractivity contribution in [2.24, 2.45) is 0 Å². The van der Waals surface area contributed by atoms with Crippen LogP contribution in [0, 0.1) is 0 Å². The predicted molar refractivity (Wildman–Crippen MR) is 71.0 cm³/mol. The minimum Gasteiger partial charge on any atom is -0.480 e. The minimum atomic E-state index is -1.23. The molecule has 0 fully saturated rings. The fraction of sp³-hybridized carbons (Fsp3) is 0.308. The summed E-state index contributed by atoms with van der Waals surface area (Å²) in [6.45, 7) is 0. The van der Waals surface area contributed by atoms with Gasteiger partial charge in [0.15, 0.2) is 0 Å². The maximum atomic E-state index is 11.9. The third-order valence-corrected chi connectivity index (χ3v) is 2.67. The van der Waals surface area contributed by atoms with Gasteiger partial charge in [-0.3, -0.25) is 9.59 Å². The molecule has 0 bridgehead atoms. The molecule has 1 amide bonds. The molecular weight excluding hydrogens is 264 g/mol. The third-order valence-electron chi connectivity index (χ3n) is 2.67. The molecule has 7 heteroatoms. The van der Waals surface area contributed by atoms with Gasteiger partial charge in [-0.25, -0.2) is 4.79 Å². The second-order valence-electron chi connectivity index (χ2n) is 4.07. The number of benzene rings is 1. The van der Waals surface area contributed by atoms with Crippen molar-refractivity contribution in [1.29, 1.82) is 0 Å². The molecule has 0 unspecified atom stereocenters. The van der Waals surface area contributed by atoms with Gasteiger partial charge in [0.25, 0.3) is 5.91 Å². The van der Waals surface area contributed by atoms with Gasteiger partial charge in [-0.1, -0.05) is 12.1 Å². The molecule has 0 spiro atoms. The highest BCUT2D eigenvalue weighted by Gasteiger charge is 2.22. The largest absolute Gasteiger partial charge is 0.480 e. The predicted octanol–water partition coefficient (Wildman–Crippen LogP) is 0.405. The fourth-order valence-corrected chi connectivity index (χ4v) is 1.56. The van der Waals surface area contributed by atoms with Crippen molar-refractivity contribution < 1.29 is 24.2 Å². The number of carboxylic acid groups (broad SMARTS) is 1. The highest BCUT2D eigenvalue weighted by molar-refractivity contribution is 6.00. The van der Waals surface area contributed by atoms with Crippen LogP contribution in [0.3, 0.4) is 0 Å². The SMILES string of the molecule is COC(=O)CC[C@H](NC(=O)c1ccccc1N)C(=O)O. The van der Waals surface area contributed by atoms with E-state index >= 15 is 0 Å². The number of carbonyl (C=O) groups excluding carboxylic acids is 2. The average Bonchev–Trinajstić information content (AvgIpc) is 2.42. The summed E-state index contributed by atoms with van der Waals surface area (Å²) in [4.78, 5) is 34.0. The van der Waals surface area contributed by atoms with Crippen molar-refractivity contribution in [2.45, 2.75) is 18.9 Å². The maximum Gasteiger partial charge on any atom is 0.326 e. The molecule has 0 aliphatic carbocycles. The minimum absolute atomic E-state index is 0.0551. The first-order valence-corrected chi connectivity index (χ1v) is 5.90. The molecule has 1 rings (SSSR count). The molecule has 0 aliphatic rings. The van der Waals surface area contributed by atoms with E-state index in [0.29, 0.717) is 0 Å². The Morgan fingerprint density at radius 2 is 2.00 bits per heavy atom. The Morgan fingerprint density at radius 1 is 1.35 bits per heavy atom. The lowest BCUT2D eigenvalue weighted by atomic mass is 10.1. The number of methoxy groups -OCH3 is 1. The van der Waals surface area contributed by atoms with Crippen molar-refractivity contribution >= 4 is 23.5 Å². The van der Waals surface area contributed by atoms with Crippen molar-refractivity contribution in [3.8, 4) is 0 Å². The number of amides is 1. The summed E-state index contributed by atoms with van der Waals surface area (Å²) >= 11 is 0. The first kappa shape index (κ1) is 15.5. The van der Waals surface area contributed by atoms with E-state index in [4.69, 9.17) is 10.8 Å². The standard InChI is InChI=1S/C13H16N2O5/c1-20-11(16)7-6-10(13(18)19)15-12(17)8-4-2-3-5-9(8)14/h2-5,10H,6-7,14H2,1H3,(H,15,17)(H,18,19)/t10-/m0/s1. The van der Waals surface area contributed by atoms with Gasteiger partial charge in [0.05, 0.1) is 12.7 Å². The van der Waals surface area contributed by atoms with Crippen LogP contribution in [-0.2, 0) is 14.3 Å². The second-order valence-corrected chi connectivity index (χ2v) is 4.07. The summed E-state index contributed by atoms with van der Waals surface area (Å²) in [5, 5.41) is 11.4. The van der Waals surface area contributed by atoms with E-state index in [1.54, 1.807) is 18.2 Å². The van der Waals surface area contributed by atoms with E-state index in [0.717, 1.165) is 0 Å². The molecule has 1 aromatic rings.